The molecule has 0 spiro atoms. The van der Waals surface area contributed by atoms with E-state index >= 15 is 0 Å². The molecule has 3 heterocycles. The van der Waals surface area contributed by atoms with Crippen LogP contribution in [0.4, 0.5) is 5.82 Å². The first kappa shape index (κ1) is 19.3. The smallest absolute Gasteiger partial charge is 0.257 e. The average molecular weight is 436 g/mol. The highest BCUT2D eigenvalue weighted by molar-refractivity contribution is 7.98. The van der Waals surface area contributed by atoms with Crippen molar-refractivity contribution in [3.8, 4) is 0 Å². The summed E-state index contributed by atoms with van der Waals surface area (Å²) in [5, 5.41) is 5.90. The molecule has 2 aliphatic rings. The molecular formula is C23H21N3O2S2. The maximum Gasteiger partial charge on any atom is 0.257 e. The lowest BCUT2D eigenvalue weighted by Crippen LogP contribution is -2.32. The van der Waals surface area contributed by atoms with Crippen LogP contribution in [0.25, 0.3) is 0 Å². The lowest BCUT2D eigenvalue weighted by atomic mass is 9.79. The standard InChI is InChI=1S/C23H21N3O2S2/c1-13-7-9-14(10-8-13)12-30-23-25-21-20(22(28)26-23)19(17-6-3-11-29-17)18-15(24-21)4-2-5-16(18)27/h3,6-11,19H,2,4-5,12H2,1H3,(H2,24,25,26,28)/t19-/m0/s1. The Balaban J connectivity index is 1.53. The van der Waals surface area contributed by atoms with Gasteiger partial charge in [-0.3, -0.25) is 9.59 Å². The summed E-state index contributed by atoms with van der Waals surface area (Å²) in [5.41, 5.74) is 4.43. The molecule has 1 atom stereocenters. The molecule has 5 rings (SSSR count). The highest BCUT2D eigenvalue weighted by Gasteiger charge is 2.38. The number of fused-ring (bicyclic) bond motifs is 1. The Morgan fingerprint density at radius 3 is 2.77 bits per heavy atom. The zero-order valence-electron chi connectivity index (χ0n) is 16.5. The van der Waals surface area contributed by atoms with E-state index in [0.29, 0.717) is 23.0 Å². The van der Waals surface area contributed by atoms with Crippen LogP contribution in [0.2, 0.25) is 0 Å². The van der Waals surface area contributed by atoms with Crippen molar-refractivity contribution in [2.24, 2.45) is 0 Å². The second kappa shape index (κ2) is 7.89. The van der Waals surface area contributed by atoms with Crippen molar-refractivity contribution in [2.45, 2.75) is 43.0 Å². The van der Waals surface area contributed by atoms with Crippen molar-refractivity contribution >= 4 is 34.7 Å². The lowest BCUT2D eigenvalue weighted by Gasteiger charge is -2.32. The van der Waals surface area contributed by atoms with Crippen molar-refractivity contribution in [2.75, 3.05) is 5.32 Å². The normalized spacial score (nSPS) is 18.0. The molecule has 0 amide bonds. The highest BCUT2D eigenvalue weighted by Crippen LogP contribution is 2.44. The number of anilines is 1. The van der Waals surface area contributed by atoms with Crippen LogP contribution in [-0.2, 0) is 10.5 Å². The number of carbonyl (C=O) groups is 1. The molecule has 152 valence electrons. The van der Waals surface area contributed by atoms with Gasteiger partial charge in [-0.15, -0.1) is 11.3 Å². The van der Waals surface area contributed by atoms with Crippen LogP contribution in [-0.4, -0.2) is 15.8 Å². The van der Waals surface area contributed by atoms with Gasteiger partial charge in [-0.05, 0) is 36.8 Å². The molecule has 1 aliphatic heterocycles. The van der Waals surface area contributed by atoms with Crippen LogP contribution >= 0.6 is 23.1 Å². The number of carbonyl (C=O) groups excluding carboxylic acids is 1. The third-order valence-electron chi connectivity index (χ3n) is 5.56. The van der Waals surface area contributed by atoms with E-state index in [1.165, 1.54) is 22.9 Å². The van der Waals surface area contributed by atoms with Crippen molar-refractivity contribution in [3.63, 3.8) is 0 Å². The van der Waals surface area contributed by atoms with E-state index in [9.17, 15) is 9.59 Å². The van der Waals surface area contributed by atoms with Crippen LogP contribution in [0.3, 0.4) is 0 Å². The summed E-state index contributed by atoms with van der Waals surface area (Å²) in [7, 11) is 0. The SMILES string of the molecule is Cc1ccc(CSc2nc3c(c(=O)[nH]2)[C@@H](c2cccs2)C2=C(CCCC2=O)N3)cc1. The monoisotopic (exact) mass is 435 g/mol. The molecule has 0 saturated heterocycles. The van der Waals surface area contributed by atoms with E-state index in [-0.39, 0.29) is 17.3 Å². The Hall–Kier alpha value is -2.64. The summed E-state index contributed by atoms with van der Waals surface area (Å²) in [6.45, 7) is 2.06. The van der Waals surface area contributed by atoms with Gasteiger partial charge in [-0.25, -0.2) is 4.98 Å². The van der Waals surface area contributed by atoms with Crippen LogP contribution in [0, 0.1) is 6.92 Å². The quantitative estimate of drug-likeness (QED) is 0.446. The number of thioether (sulfide) groups is 1. The van der Waals surface area contributed by atoms with Gasteiger partial charge in [0.15, 0.2) is 10.9 Å². The Kier molecular flexibility index (Phi) is 5.08. The summed E-state index contributed by atoms with van der Waals surface area (Å²) in [6.07, 6.45) is 2.17. The van der Waals surface area contributed by atoms with Crippen molar-refractivity contribution in [1.82, 2.24) is 9.97 Å². The Labute approximate surface area is 182 Å². The number of hydrogen-bond acceptors (Lipinski definition) is 6. The molecule has 30 heavy (non-hydrogen) atoms. The first-order valence-electron chi connectivity index (χ1n) is 9.99. The number of allylic oxidation sites excluding steroid dienone is 2. The van der Waals surface area contributed by atoms with Gasteiger partial charge >= 0.3 is 0 Å². The third kappa shape index (κ3) is 3.52. The highest BCUT2D eigenvalue weighted by atomic mass is 32.2. The number of nitrogens with one attached hydrogen (secondary N) is 2. The van der Waals surface area contributed by atoms with Crippen LogP contribution in [0.1, 0.15) is 46.7 Å². The molecule has 1 aliphatic carbocycles. The molecule has 0 radical (unpaired) electrons. The van der Waals surface area contributed by atoms with E-state index in [1.807, 2.05) is 17.5 Å². The molecule has 2 N–H and O–H groups in total. The number of aromatic amines is 1. The maximum atomic E-state index is 13.1. The van der Waals surface area contributed by atoms with Gasteiger partial charge in [0.25, 0.3) is 5.56 Å². The van der Waals surface area contributed by atoms with E-state index in [2.05, 4.69) is 41.5 Å². The minimum absolute atomic E-state index is 0.130. The molecule has 1 aromatic carbocycles. The van der Waals surface area contributed by atoms with Gasteiger partial charge in [-0.2, -0.15) is 0 Å². The molecular weight excluding hydrogens is 414 g/mol. The van der Waals surface area contributed by atoms with Gasteiger partial charge in [0.05, 0.1) is 11.5 Å². The minimum atomic E-state index is -0.337. The summed E-state index contributed by atoms with van der Waals surface area (Å²) < 4.78 is 0. The zero-order chi connectivity index (χ0) is 20.7. The van der Waals surface area contributed by atoms with E-state index in [0.717, 1.165) is 34.7 Å². The van der Waals surface area contributed by atoms with Crippen molar-refractivity contribution in [1.29, 1.82) is 0 Å². The van der Waals surface area contributed by atoms with Gasteiger partial charge in [0.1, 0.15) is 5.82 Å². The Morgan fingerprint density at radius 1 is 1.17 bits per heavy atom. The average Bonchev–Trinajstić information content (AvgIpc) is 3.27. The summed E-state index contributed by atoms with van der Waals surface area (Å²) >= 11 is 3.08. The predicted molar refractivity (Wildman–Crippen MR) is 121 cm³/mol. The molecule has 0 saturated carbocycles. The molecule has 5 nitrogen and oxygen atoms in total. The number of aromatic nitrogens is 2. The summed E-state index contributed by atoms with van der Waals surface area (Å²) in [5.74, 6) is 1.10. The largest absolute Gasteiger partial charge is 0.343 e. The van der Waals surface area contributed by atoms with Gasteiger partial charge in [0.2, 0.25) is 0 Å². The summed E-state index contributed by atoms with van der Waals surface area (Å²) in [6, 6.07) is 12.3. The lowest BCUT2D eigenvalue weighted by molar-refractivity contribution is -0.116. The van der Waals surface area contributed by atoms with E-state index < -0.39 is 0 Å². The number of H-pyrrole nitrogens is 1. The van der Waals surface area contributed by atoms with Crippen molar-refractivity contribution in [3.05, 3.63) is 85.0 Å². The number of thiophene rings is 1. The topological polar surface area (TPSA) is 74.8 Å². The summed E-state index contributed by atoms with van der Waals surface area (Å²) in [4.78, 5) is 34.6. The Bertz CT molecular complexity index is 1190. The zero-order valence-corrected chi connectivity index (χ0v) is 18.2. The Morgan fingerprint density at radius 2 is 2.00 bits per heavy atom. The molecule has 3 aromatic rings. The van der Waals surface area contributed by atoms with Crippen LogP contribution in [0.5, 0.6) is 0 Å². The van der Waals surface area contributed by atoms with Crippen LogP contribution in [0.15, 0.2) is 63.0 Å². The molecule has 7 heteroatoms. The van der Waals surface area contributed by atoms with Gasteiger partial charge in [0, 0.05) is 28.3 Å². The number of aryl methyl sites for hydroxylation is 1. The number of hydrogen-bond donors (Lipinski definition) is 2. The number of rotatable bonds is 4. The first-order valence-corrected chi connectivity index (χ1v) is 11.9. The fourth-order valence-electron chi connectivity index (χ4n) is 4.08. The minimum Gasteiger partial charge on any atom is -0.343 e. The molecule has 0 bridgehead atoms. The van der Waals surface area contributed by atoms with E-state index in [4.69, 9.17) is 4.98 Å². The maximum absolute atomic E-state index is 13.1. The second-order valence-corrected chi connectivity index (χ2v) is 9.59. The van der Waals surface area contributed by atoms with Gasteiger partial charge in [-0.1, -0.05) is 47.7 Å². The van der Waals surface area contributed by atoms with Crippen LogP contribution < -0.4 is 10.9 Å². The predicted octanol–water partition coefficient (Wildman–Crippen LogP) is 5.00. The third-order valence-corrected chi connectivity index (χ3v) is 7.44. The van der Waals surface area contributed by atoms with E-state index in [1.54, 1.807) is 11.3 Å². The fraction of sp³-hybridized carbons (Fsp3) is 0.261. The molecule has 0 fully saturated rings. The molecule has 0 unspecified atom stereocenters. The second-order valence-electron chi connectivity index (χ2n) is 7.65. The molecule has 2 aromatic heterocycles. The van der Waals surface area contributed by atoms with Gasteiger partial charge < -0.3 is 10.3 Å². The van der Waals surface area contributed by atoms with Crippen molar-refractivity contribution < 1.29 is 4.79 Å². The first-order chi connectivity index (χ1) is 14.6. The fourth-order valence-corrected chi connectivity index (χ4v) is 5.74. The number of benzene rings is 1. The number of Topliss-reactive ketones (excluding diaryl/α,β-unsaturated/α-hetero) is 1. The number of nitrogens with zero attached hydrogens (tertiary/aromatic N) is 1. The number of ketones is 1.